The molecule has 0 N–H and O–H groups in total. The van der Waals surface area contributed by atoms with Crippen molar-refractivity contribution in [3.63, 3.8) is 0 Å². The molecule has 0 unspecified atom stereocenters. The zero-order valence-corrected chi connectivity index (χ0v) is 23.6. The van der Waals surface area contributed by atoms with Crippen molar-refractivity contribution >= 4 is 47.8 Å². The second kappa shape index (κ2) is 15.5. The van der Waals surface area contributed by atoms with E-state index in [1.165, 1.54) is 20.9 Å². The minimum Gasteiger partial charge on any atom is -0.493 e. The van der Waals surface area contributed by atoms with E-state index in [4.69, 9.17) is 9.47 Å². The van der Waals surface area contributed by atoms with E-state index in [1.54, 1.807) is 23.5 Å². The van der Waals surface area contributed by atoms with Crippen LogP contribution in [0.1, 0.15) is 61.8 Å². The van der Waals surface area contributed by atoms with Crippen molar-refractivity contribution in [3.8, 4) is 11.5 Å². The van der Waals surface area contributed by atoms with E-state index >= 15 is 0 Å². The van der Waals surface area contributed by atoms with E-state index in [0.717, 1.165) is 48.3 Å². The molecule has 0 heterocycles. The minimum atomic E-state index is 0.703. The van der Waals surface area contributed by atoms with Gasteiger partial charge in [0.25, 0.3) is 0 Å². The predicted molar refractivity (Wildman–Crippen MR) is 162 cm³/mol. The molecule has 0 amide bonds. The van der Waals surface area contributed by atoms with Gasteiger partial charge in [0.05, 0.1) is 13.2 Å². The van der Waals surface area contributed by atoms with Crippen molar-refractivity contribution < 1.29 is 9.47 Å². The molecule has 3 rings (SSSR count). The Morgan fingerprint density at radius 1 is 0.583 bits per heavy atom. The first kappa shape index (κ1) is 28.0. The maximum Gasteiger partial charge on any atom is 0.127 e. The maximum absolute atomic E-state index is 6.26. The van der Waals surface area contributed by atoms with Crippen LogP contribution < -0.4 is 9.47 Å². The van der Waals surface area contributed by atoms with Crippen LogP contribution in [0.15, 0.2) is 70.5 Å². The summed E-state index contributed by atoms with van der Waals surface area (Å²) in [5, 5.41) is 0. The molecular formula is C32H38O2S2. The van der Waals surface area contributed by atoms with Crippen molar-refractivity contribution in [1.29, 1.82) is 0 Å². The smallest absolute Gasteiger partial charge is 0.127 e. The Morgan fingerprint density at radius 2 is 0.972 bits per heavy atom. The molecule has 190 valence electrons. The summed E-state index contributed by atoms with van der Waals surface area (Å²) in [6, 6.07) is 21.5. The lowest BCUT2D eigenvalue weighted by atomic mass is 10.1. The minimum absolute atomic E-state index is 0.703. The third-order valence-corrected chi connectivity index (χ3v) is 7.28. The first-order valence-electron chi connectivity index (χ1n) is 12.7. The van der Waals surface area contributed by atoms with Crippen LogP contribution in [0.5, 0.6) is 11.5 Å². The molecular weight excluding hydrogens is 480 g/mol. The van der Waals surface area contributed by atoms with Gasteiger partial charge in [-0.25, -0.2) is 0 Å². The molecule has 0 spiro atoms. The average molecular weight is 519 g/mol. The lowest BCUT2D eigenvalue weighted by Gasteiger charge is -2.15. The Hall–Kier alpha value is -2.56. The topological polar surface area (TPSA) is 18.5 Å². The predicted octanol–water partition coefficient (Wildman–Crippen LogP) is 9.83. The molecule has 0 fully saturated rings. The highest BCUT2D eigenvalue weighted by Crippen LogP contribution is 2.33. The molecule has 0 aliphatic carbocycles. The monoisotopic (exact) mass is 518 g/mol. The summed E-state index contributed by atoms with van der Waals surface area (Å²) in [4.78, 5) is 2.53. The van der Waals surface area contributed by atoms with Gasteiger partial charge in [-0.1, -0.05) is 75.3 Å². The highest BCUT2D eigenvalue weighted by atomic mass is 32.2. The summed E-state index contributed by atoms with van der Waals surface area (Å²) >= 11 is 3.51. The fraction of sp³-hybridized carbons (Fsp3) is 0.312. The molecule has 0 saturated heterocycles. The third-order valence-electron chi connectivity index (χ3n) is 5.80. The van der Waals surface area contributed by atoms with E-state index < -0.39 is 0 Å². The molecule has 0 radical (unpaired) electrons. The van der Waals surface area contributed by atoms with Gasteiger partial charge in [0.1, 0.15) is 11.5 Å². The van der Waals surface area contributed by atoms with E-state index in [2.05, 4.69) is 111 Å². The number of hydrogen-bond donors (Lipinski definition) is 0. The summed E-state index contributed by atoms with van der Waals surface area (Å²) in [7, 11) is 0. The van der Waals surface area contributed by atoms with E-state index in [-0.39, 0.29) is 0 Å². The van der Waals surface area contributed by atoms with Gasteiger partial charge in [-0.05, 0) is 72.9 Å². The lowest BCUT2D eigenvalue weighted by Crippen LogP contribution is -2.02. The van der Waals surface area contributed by atoms with Crippen molar-refractivity contribution in [3.05, 3.63) is 82.9 Å². The number of benzene rings is 3. The van der Waals surface area contributed by atoms with Crippen molar-refractivity contribution in [2.45, 2.75) is 49.3 Å². The second-order valence-electron chi connectivity index (χ2n) is 8.54. The number of thioether (sulfide) groups is 2. The second-order valence-corrected chi connectivity index (χ2v) is 10.3. The van der Waals surface area contributed by atoms with Crippen molar-refractivity contribution in [2.24, 2.45) is 0 Å². The molecule has 0 aliphatic rings. The molecule has 0 aliphatic heterocycles. The van der Waals surface area contributed by atoms with Gasteiger partial charge in [-0.3, -0.25) is 0 Å². The molecule has 3 aromatic rings. The van der Waals surface area contributed by atoms with Crippen molar-refractivity contribution in [1.82, 2.24) is 0 Å². The Bertz CT molecular complexity index is 1020. The van der Waals surface area contributed by atoms with Gasteiger partial charge >= 0.3 is 0 Å². The number of unbranched alkanes of at least 4 members (excludes halogenated alkanes) is 2. The highest BCUT2D eigenvalue weighted by molar-refractivity contribution is 7.98. The molecule has 2 nitrogen and oxygen atoms in total. The maximum atomic E-state index is 6.26. The third kappa shape index (κ3) is 8.83. The summed E-state index contributed by atoms with van der Waals surface area (Å²) in [6.45, 7) is 5.78. The fourth-order valence-corrected chi connectivity index (χ4v) is 4.37. The van der Waals surface area contributed by atoms with Crippen LogP contribution in [0.2, 0.25) is 0 Å². The first-order valence-corrected chi connectivity index (χ1v) is 15.2. The average Bonchev–Trinajstić information content (AvgIpc) is 2.92. The van der Waals surface area contributed by atoms with Gasteiger partial charge < -0.3 is 9.47 Å². The zero-order chi connectivity index (χ0) is 25.6. The van der Waals surface area contributed by atoms with Crippen LogP contribution in [0, 0.1) is 0 Å². The number of ether oxygens (including phenoxy) is 2. The quantitative estimate of drug-likeness (QED) is 0.120. The molecule has 0 bridgehead atoms. The van der Waals surface area contributed by atoms with Crippen LogP contribution in [0.4, 0.5) is 0 Å². The fourth-order valence-electron chi connectivity index (χ4n) is 3.56. The summed E-state index contributed by atoms with van der Waals surface area (Å²) in [6.07, 6.45) is 17.0. The summed E-state index contributed by atoms with van der Waals surface area (Å²) < 4.78 is 12.5. The molecule has 0 saturated carbocycles. The van der Waals surface area contributed by atoms with Gasteiger partial charge in [0.15, 0.2) is 0 Å². The molecule has 0 aromatic heterocycles. The molecule has 0 atom stereocenters. The number of rotatable bonds is 14. The highest BCUT2D eigenvalue weighted by Gasteiger charge is 2.10. The van der Waals surface area contributed by atoms with E-state index in [0.29, 0.717) is 13.2 Å². The zero-order valence-electron chi connectivity index (χ0n) is 22.0. The standard InChI is InChI=1S/C32H38O2S2/c1-5-7-21-33-31-23-28(16-10-26-13-19-30(36-4)20-14-26)32(34-22-8-6-2)24-27(31)15-9-25-11-17-29(35-3)18-12-25/h9-20,23-24H,5-8,21-22H2,1-4H3/b15-9+,16-10+. The van der Waals surface area contributed by atoms with E-state index in [1.807, 2.05) is 0 Å². The van der Waals surface area contributed by atoms with Crippen LogP contribution in [-0.2, 0) is 0 Å². The van der Waals surface area contributed by atoms with Crippen LogP contribution in [-0.4, -0.2) is 25.7 Å². The largest absolute Gasteiger partial charge is 0.493 e. The Kier molecular flexibility index (Phi) is 12.1. The Labute approximate surface area is 226 Å². The van der Waals surface area contributed by atoms with Crippen LogP contribution in [0.3, 0.4) is 0 Å². The first-order chi connectivity index (χ1) is 17.7. The van der Waals surface area contributed by atoms with Crippen LogP contribution in [0.25, 0.3) is 24.3 Å². The summed E-state index contributed by atoms with van der Waals surface area (Å²) in [5.41, 5.74) is 4.40. The van der Waals surface area contributed by atoms with Crippen LogP contribution >= 0.6 is 23.5 Å². The molecule has 4 heteroatoms. The normalized spacial score (nSPS) is 11.4. The van der Waals surface area contributed by atoms with E-state index in [9.17, 15) is 0 Å². The van der Waals surface area contributed by atoms with Gasteiger partial charge in [0, 0.05) is 20.9 Å². The van der Waals surface area contributed by atoms with Gasteiger partial charge in [0.2, 0.25) is 0 Å². The Balaban J connectivity index is 1.95. The SMILES string of the molecule is CCCCOc1cc(/C=C/c2ccc(SC)cc2)c(OCCCC)cc1/C=C/c1ccc(SC)cc1. The molecule has 36 heavy (non-hydrogen) atoms. The van der Waals surface area contributed by atoms with Crippen molar-refractivity contribution in [2.75, 3.05) is 25.7 Å². The van der Waals surface area contributed by atoms with Gasteiger partial charge in [-0.15, -0.1) is 23.5 Å². The molecule has 3 aromatic carbocycles. The lowest BCUT2D eigenvalue weighted by molar-refractivity contribution is 0.300. The van der Waals surface area contributed by atoms with Gasteiger partial charge in [-0.2, -0.15) is 0 Å². The Morgan fingerprint density at radius 3 is 1.31 bits per heavy atom. The number of hydrogen-bond acceptors (Lipinski definition) is 4. The summed E-state index contributed by atoms with van der Waals surface area (Å²) in [5.74, 6) is 1.78.